The van der Waals surface area contributed by atoms with Crippen LogP contribution in [-0.2, 0) is 9.59 Å². The van der Waals surface area contributed by atoms with E-state index in [1.54, 1.807) is 4.90 Å². The Morgan fingerprint density at radius 2 is 1.14 bits per heavy atom. The molecule has 0 aromatic heterocycles. The van der Waals surface area contributed by atoms with Gasteiger partial charge in [0.15, 0.2) is 0 Å². The Morgan fingerprint density at radius 3 is 1.52 bits per heavy atom. The lowest BCUT2D eigenvalue weighted by Crippen LogP contribution is -2.35. The predicted molar refractivity (Wildman–Crippen MR) is 85.4 cm³/mol. The molecule has 0 atom stereocenters. The summed E-state index contributed by atoms with van der Waals surface area (Å²) in [6.07, 6.45) is 8.06. The zero-order valence-electron chi connectivity index (χ0n) is 13.2. The van der Waals surface area contributed by atoms with Gasteiger partial charge in [-0.05, 0) is 38.8 Å². The van der Waals surface area contributed by atoms with E-state index in [4.69, 9.17) is 17.2 Å². The average Bonchev–Trinajstić information content (AvgIpc) is 2.43. The molecule has 0 spiro atoms. The molecule has 0 unspecified atom stereocenters. The number of carbonyl (C=O) groups excluding carboxylic acids is 2. The van der Waals surface area contributed by atoms with Crippen molar-refractivity contribution in [1.82, 2.24) is 4.90 Å². The van der Waals surface area contributed by atoms with Gasteiger partial charge >= 0.3 is 0 Å². The van der Waals surface area contributed by atoms with Crippen LogP contribution in [-0.4, -0.2) is 42.9 Å². The lowest BCUT2D eigenvalue weighted by molar-refractivity contribution is -0.135. The smallest absolute Gasteiger partial charge is 0.231 e. The maximum absolute atomic E-state index is 12.0. The van der Waals surface area contributed by atoms with E-state index < -0.39 is 5.91 Å². The summed E-state index contributed by atoms with van der Waals surface area (Å²) in [5.74, 6) is -0.712. The van der Waals surface area contributed by atoms with E-state index >= 15 is 0 Å². The Bertz CT molecular complexity index is 271. The van der Waals surface area contributed by atoms with E-state index in [1.165, 1.54) is 0 Å². The summed E-state index contributed by atoms with van der Waals surface area (Å²) >= 11 is 0. The second kappa shape index (κ2) is 13.8. The lowest BCUT2D eigenvalue weighted by Gasteiger charge is -2.22. The Hall–Kier alpha value is -1.14. The molecule has 6 heteroatoms. The standard InChI is InChI=1S/C15H32N4O2/c16-9-5-1-3-7-11-19(15(21)13-14(18)20)12-8-4-2-6-10-17/h1-13,16-17H2,(H2,18,20). The van der Waals surface area contributed by atoms with Crippen LogP contribution in [0.2, 0.25) is 0 Å². The molecule has 0 fully saturated rings. The first-order chi connectivity index (χ1) is 10.1. The van der Waals surface area contributed by atoms with Crippen LogP contribution in [0.15, 0.2) is 0 Å². The van der Waals surface area contributed by atoms with Crippen LogP contribution in [0.5, 0.6) is 0 Å². The molecule has 0 bridgehead atoms. The highest BCUT2D eigenvalue weighted by Gasteiger charge is 2.14. The number of unbranched alkanes of at least 4 members (excludes halogenated alkanes) is 6. The number of nitrogens with zero attached hydrogens (tertiary/aromatic N) is 1. The molecular formula is C15H32N4O2. The predicted octanol–water partition coefficient (Wildman–Crippen LogP) is 0.729. The molecule has 2 amide bonds. The van der Waals surface area contributed by atoms with Gasteiger partial charge in [-0.1, -0.05) is 25.7 Å². The second-order valence-electron chi connectivity index (χ2n) is 5.43. The van der Waals surface area contributed by atoms with Crippen molar-refractivity contribution < 1.29 is 9.59 Å². The number of carbonyl (C=O) groups is 2. The van der Waals surface area contributed by atoms with Crippen LogP contribution in [0.1, 0.15) is 57.8 Å². The Labute approximate surface area is 128 Å². The van der Waals surface area contributed by atoms with Gasteiger partial charge in [-0.25, -0.2) is 0 Å². The van der Waals surface area contributed by atoms with Crippen molar-refractivity contribution >= 4 is 11.8 Å². The van der Waals surface area contributed by atoms with Gasteiger partial charge in [0.05, 0.1) is 0 Å². The molecule has 0 heterocycles. The first kappa shape index (κ1) is 19.9. The molecule has 0 aliphatic heterocycles. The molecule has 124 valence electrons. The molecular weight excluding hydrogens is 268 g/mol. The van der Waals surface area contributed by atoms with E-state index in [-0.39, 0.29) is 12.3 Å². The zero-order chi connectivity index (χ0) is 15.9. The van der Waals surface area contributed by atoms with Gasteiger partial charge in [-0.15, -0.1) is 0 Å². The van der Waals surface area contributed by atoms with Gasteiger partial charge in [0.2, 0.25) is 11.8 Å². The number of hydrogen-bond donors (Lipinski definition) is 3. The van der Waals surface area contributed by atoms with Crippen molar-refractivity contribution in [2.75, 3.05) is 26.2 Å². The molecule has 0 aromatic rings. The fourth-order valence-corrected chi connectivity index (χ4v) is 2.22. The van der Waals surface area contributed by atoms with Crippen LogP contribution in [0.4, 0.5) is 0 Å². The number of amides is 2. The van der Waals surface area contributed by atoms with Crippen molar-refractivity contribution in [3.05, 3.63) is 0 Å². The second-order valence-corrected chi connectivity index (χ2v) is 5.43. The fraction of sp³-hybridized carbons (Fsp3) is 0.867. The Balaban J connectivity index is 4.02. The van der Waals surface area contributed by atoms with Crippen molar-refractivity contribution in [1.29, 1.82) is 0 Å². The number of nitrogens with two attached hydrogens (primary N) is 3. The summed E-state index contributed by atoms with van der Waals surface area (Å²) in [7, 11) is 0. The highest BCUT2D eigenvalue weighted by molar-refractivity contribution is 5.96. The minimum Gasteiger partial charge on any atom is -0.369 e. The van der Waals surface area contributed by atoms with E-state index in [0.29, 0.717) is 26.2 Å². The third-order valence-electron chi connectivity index (χ3n) is 3.44. The van der Waals surface area contributed by atoms with Crippen LogP contribution in [0.25, 0.3) is 0 Å². The molecule has 0 rings (SSSR count). The van der Waals surface area contributed by atoms with E-state index in [2.05, 4.69) is 0 Å². The van der Waals surface area contributed by atoms with Crippen molar-refractivity contribution in [2.24, 2.45) is 17.2 Å². The van der Waals surface area contributed by atoms with Crippen LogP contribution < -0.4 is 17.2 Å². The maximum Gasteiger partial charge on any atom is 0.231 e. The van der Waals surface area contributed by atoms with Crippen LogP contribution in [0, 0.1) is 0 Å². The summed E-state index contributed by atoms with van der Waals surface area (Å²) in [6.45, 7) is 2.83. The first-order valence-electron chi connectivity index (χ1n) is 8.08. The minimum absolute atomic E-state index is 0.153. The van der Waals surface area contributed by atoms with Crippen LogP contribution >= 0.6 is 0 Å². The van der Waals surface area contributed by atoms with Gasteiger partial charge in [-0.2, -0.15) is 0 Å². The average molecular weight is 300 g/mol. The monoisotopic (exact) mass is 300 g/mol. The molecule has 6 N–H and O–H groups in total. The van der Waals surface area contributed by atoms with Crippen molar-refractivity contribution in [2.45, 2.75) is 57.8 Å². The van der Waals surface area contributed by atoms with Crippen LogP contribution in [0.3, 0.4) is 0 Å². The molecule has 0 saturated carbocycles. The van der Waals surface area contributed by atoms with Crippen molar-refractivity contribution in [3.8, 4) is 0 Å². The summed E-state index contributed by atoms with van der Waals surface area (Å²) in [6, 6.07) is 0. The summed E-state index contributed by atoms with van der Waals surface area (Å²) in [5, 5.41) is 0. The Morgan fingerprint density at radius 1 is 0.714 bits per heavy atom. The quantitative estimate of drug-likeness (QED) is 0.324. The van der Waals surface area contributed by atoms with E-state index in [1.807, 2.05) is 0 Å². The molecule has 0 saturated heterocycles. The first-order valence-corrected chi connectivity index (χ1v) is 8.08. The zero-order valence-corrected chi connectivity index (χ0v) is 13.2. The lowest BCUT2D eigenvalue weighted by atomic mass is 10.1. The molecule has 0 radical (unpaired) electrons. The molecule has 0 aromatic carbocycles. The summed E-state index contributed by atoms with van der Waals surface area (Å²) in [4.78, 5) is 24.6. The summed E-state index contributed by atoms with van der Waals surface area (Å²) < 4.78 is 0. The third-order valence-corrected chi connectivity index (χ3v) is 3.44. The number of primary amides is 1. The highest BCUT2D eigenvalue weighted by Crippen LogP contribution is 2.06. The number of hydrogen-bond acceptors (Lipinski definition) is 4. The van der Waals surface area contributed by atoms with Gasteiger partial charge in [-0.3, -0.25) is 9.59 Å². The van der Waals surface area contributed by atoms with Gasteiger partial charge in [0.1, 0.15) is 6.42 Å². The third kappa shape index (κ3) is 12.3. The SMILES string of the molecule is NCCCCCCN(CCCCCCN)C(=O)CC(N)=O. The molecule has 0 aliphatic rings. The largest absolute Gasteiger partial charge is 0.369 e. The minimum atomic E-state index is -0.559. The fourth-order valence-electron chi connectivity index (χ4n) is 2.22. The van der Waals surface area contributed by atoms with Gasteiger partial charge in [0.25, 0.3) is 0 Å². The summed E-state index contributed by atoms with van der Waals surface area (Å²) in [5.41, 5.74) is 16.0. The Kier molecular flexibility index (Phi) is 13.1. The highest BCUT2D eigenvalue weighted by atomic mass is 16.2. The molecule has 0 aliphatic carbocycles. The van der Waals surface area contributed by atoms with Gasteiger partial charge < -0.3 is 22.1 Å². The molecule has 6 nitrogen and oxygen atoms in total. The normalized spacial score (nSPS) is 10.6. The van der Waals surface area contributed by atoms with E-state index in [9.17, 15) is 9.59 Å². The van der Waals surface area contributed by atoms with E-state index in [0.717, 1.165) is 51.4 Å². The van der Waals surface area contributed by atoms with Crippen molar-refractivity contribution in [3.63, 3.8) is 0 Å². The molecule has 21 heavy (non-hydrogen) atoms. The van der Waals surface area contributed by atoms with Gasteiger partial charge in [0, 0.05) is 13.1 Å². The number of rotatable bonds is 14. The maximum atomic E-state index is 12.0. The topological polar surface area (TPSA) is 115 Å².